The highest BCUT2D eigenvalue weighted by molar-refractivity contribution is 6.11. The normalized spacial score (nSPS) is 40.1. The molecule has 0 spiro atoms. The van der Waals surface area contributed by atoms with Crippen LogP contribution in [0.4, 0.5) is 0 Å². The molecule has 1 saturated carbocycles. The fourth-order valence-corrected chi connectivity index (χ4v) is 4.85. The highest BCUT2D eigenvalue weighted by atomic mass is 16.5. The molecule has 0 aromatic rings. The maximum Gasteiger partial charge on any atom is 0.0704 e. The van der Waals surface area contributed by atoms with Crippen LogP contribution in [0.5, 0.6) is 0 Å². The van der Waals surface area contributed by atoms with Gasteiger partial charge in [0.05, 0.1) is 14.5 Å². The molecule has 114 valence electrons. The zero-order valence-corrected chi connectivity index (χ0v) is 13.9. The first-order valence-corrected chi connectivity index (χ1v) is 8.52. The fraction of sp³-hybridized carbons (Fsp3) is 1.00. The Morgan fingerprint density at radius 1 is 1.20 bits per heavy atom. The largest absolute Gasteiger partial charge is 0.383 e. The Balaban J connectivity index is 2.25. The number of rotatable bonds is 3. The van der Waals surface area contributed by atoms with Crippen LogP contribution in [0.1, 0.15) is 65.7 Å². The first-order valence-electron chi connectivity index (χ1n) is 8.52. The summed E-state index contributed by atoms with van der Waals surface area (Å²) in [5, 5.41) is 0. The molecular formula is C17H32BNO. The highest BCUT2D eigenvalue weighted by Gasteiger charge is 2.46. The second-order valence-electron chi connectivity index (χ2n) is 7.50. The van der Waals surface area contributed by atoms with Gasteiger partial charge in [-0.15, -0.1) is 0 Å². The molecule has 0 N–H and O–H groups in total. The molecule has 2 nitrogen and oxygen atoms in total. The quantitative estimate of drug-likeness (QED) is 0.727. The second-order valence-corrected chi connectivity index (χ2v) is 7.50. The van der Waals surface area contributed by atoms with Crippen LogP contribution in [0.3, 0.4) is 0 Å². The Morgan fingerprint density at radius 3 is 2.55 bits per heavy atom. The average molecular weight is 277 g/mol. The van der Waals surface area contributed by atoms with Crippen molar-refractivity contribution in [1.29, 1.82) is 0 Å². The van der Waals surface area contributed by atoms with Gasteiger partial charge in [-0.05, 0) is 46.0 Å². The van der Waals surface area contributed by atoms with Crippen molar-refractivity contribution in [3.63, 3.8) is 0 Å². The third-order valence-corrected chi connectivity index (χ3v) is 5.59. The molecule has 2 rings (SSSR count). The van der Waals surface area contributed by atoms with Gasteiger partial charge in [-0.1, -0.05) is 31.5 Å². The Labute approximate surface area is 127 Å². The predicted molar refractivity (Wildman–Crippen MR) is 86.4 cm³/mol. The van der Waals surface area contributed by atoms with Crippen molar-refractivity contribution < 1.29 is 4.74 Å². The molecule has 4 unspecified atom stereocenters. The molecule has 1 aliphatic heterocycles. The lowest BCUT2D eigenvalue weighted by atomic mass is 9.62. The summed E-state index contributed by atoms with van der Waals surface area (Å²) in [4.78, 5) is 2.75. The molecule has 20 heavy (non-hydrogen) atoms. The van der Waals surface area contributed by atoms with Gasteiger partial charge in [0, 0.05) is 24.7 Å². The van der Waals surface area contributed by atoms with Gasteiger partial charge in [0.25, 0.3) is 0 Å². The minimum atomic E-state index is 0.184. The van der Waals surface area contributed by atoms with E-state index in [2.05, 4.69) is 25.7 Å². The van der Waals surface area contributed by atoms with Gasteiger partial charge >= 0.3 is 0 Å². The lowest BCUT2D eigenvalue weighted by Gasteiger charge is -2.56. The second kappa shape index (κ2) is 6.83. The maximum absolute atomic E-state index is 6.53. The molecule has 0 amide bonds. The Morgan fingerprint density at radius 2 is 1.90 bits per heavy atom. The average Bonchev–Trinajstić information content (AvgIpc) is 2.35. The number of piperidine rings is 1. The van der Waals surface area contributed by atoms with Gasteiger partial charge in [0.1, 0.15) is 0 Å². The molecular weight excluding hydrogens is 245 g/mol. The van der Waals surface area contributed by atoms with Crippen molar-refractivity contribution in [2.24, 2.45) is 5.92 Å². The van der Waals surface area contributed by atoms with Crippen LogP contribution in [0.15, 0.2) is 0 Å². The van der Waals surface area contributed by atoms with Gasteiger partial charge in [-0.3, -0.25) is 4.90 Å². The molecule has 0 bridgehead atoms. The molecule has 0 aromatic carbocycles. The number of hydrogen-bond donors (Lipinski definition) is 0. The number of ether oxygens (including phenoxy) is 1. The third kappa shape index (κ3) is 3.25. The van der Waals surface area contributed by atoms with E-state index in [4.69, 9.17) is 12.6 Å². The summed E-state index contributed by atoms with van der Waals surface area (Å²) in [6.07, 6.45) is 9.05. The maximum atomic E-state index is 6.53. The van der Waals surface area contributed by atoms with Crippen molar-refractivity contribution in [1.82, 2.24) is 4.90 Å². The molecule has 1 aliphatic carbocycles. The fourth-order valence-electron chi connectivity index (χ4n) is 4.85. The number of hydrogen-bond acceptors (Lipinski definition) is 2. The third-order valence-electron chi connectivity index (χ3n) is 5.59. The van der Waals surface area contributed by atoms with E-state index in [0.717, 1.165) is 6.61 Å². The first-order chi connectivity index (χ1) is 9.49. The van der Waals surface area contributed by atoms with E-state index in [1.54, 1.807) is 0 Å². The summed E-state index contributed by atoms with van der Waals surface area (Å²) >= 11 is 0. The summed E-state index contributed by atoms with van der Waals surface area (Å²) in [6.45, 7) is 7.89. The standard InChI is InChI=1S/C17H32BNO/c1-13(2)19-16-9-7-5-6-8-15(18)14(16)10-11-17(19,3)12-20-4/h13-16H,5-12H2,1-4H3. The topological polar surface area (TPSA) is 12.5 Å². The van der Waals surface area contributed by atoms with E-state index >= 15 is 0 Å². The van der Waals surface area contributed by atoms with E-state index in [0.29, 0.717) is 23.8 Å². The Hall–Kier alpha value is -0.0151. The van der Waals surface area contributed by atoms with Gasteiger partial charge < -0.3 is 4.74 Å². The van der Waals surface area contributed by atoms with E-state index in [9.17, 15) is 0 Å². The Kier molecular flexibility index (Phi) is 5.59. The minimum absolute atomic E-state index is 0.184. The van der Waals surface area contributed by atoms with Gasteiger partial charge in [0.15, 0.2) is 0 Å². The van der Waals surface area contributed by atoms with Crippen LogP contribution in [-0.2, 0) is 4.74 Å². The summed E-state index contributed by atoms with van der Waals surface area (Å²) in [5.41, 5.74) is 0.184. The number of fused-ring (bicyclic) bond motifs is 1. The van der Waals surface area contributed by atoms with Gasteiger partial charge in [0.2, 0.25) is 0 Å². The Bertz CT molecular complexity index is 309. The van der Waals surface area contributed by atoms with Crippen LogP contribution < -0.4 is 0 Å². The van der Waals surface area contributed by atoms with Crippen LogP contribution in [0, 0.1) is 5.92 Å². The van der Waals surface area contributed by atoms with E-state index in [1.165, 1.54) is 44.9 Å². The summed E-state index contributed by atoms with van der Waals surface area (Å²) < 4.78 is 5.55. The van der Waals surface area contributed by atoms with Crippen molar-refractivity contribution in [2.75, 3.05) is 13.7 Å². The highest BCUT2D eigenvalue weighted by Crippen LogP contribution is 2.45. The zero-order chi connectivity index (χ0) is 14.8. The van der Waals surface area contributed by atoms with Crippen molar-refractivity contribution in [3.05, 3.63) is 0 Å². The van der Waals surface area contributed by atoms with Crippen LogP contribution in [0.25, 0.3) is 0 Å². The molecule has 1 heterocycles. The van der Waals surface area contributed by atoms with E-state index in [-0.39, 0.29) is 5.54 Å². The van der Waals surface area contributed by atoms with Crippen molar-refractivity contribution in [3.8, 4) is 0 Å². The summed E-state index contributed by atoms with van der Waals surface area (Å²) in [5.74, 6) is 1.08. The molecule has 1 saturated heterocycles. The zero-order valence-electron chi connectivity index (χ0n) is 13.9. The number of likely N-dealkylation sites (tertiary alicyclic amines) is 1. The SMILES string of the molecule is [B]C1CCCCCC2C1CCC(C)(COC)N2C(C)C. The minimum Gasteiger partial charge on any atom is -0.383 e. The lowest BCUT2D eigenvalue weighted by molar-refractivity contribution is -0.0848. The predicted octanol–water partition coefficient (Wildman–Crippen LogP) is 3.80. The molecule has 3 heteroatoms. The van der Waals surface area contributed by atoms with Crippen molar-refractivity contribution >= 4 is 7.85 Å². The molecule has 2 radical (unpaired) electrons. The van der Waals surface area contributed by atoms with E-state index < -0.39 is 0 Å². The number of methoxy groups -OCH3 is 1. The molecule has 2 aliphatic rings. The first kappa shape index (κ1) is 16.4. The summed E-state index contributed by atoms with van der Waals surface area (Å²) in [6, 6.07) is 1.22. The van der Waals surface area contributed by atoms with Crippen LogP contribution >= 0.6 is 0 Å². The van der Waals surface area contributed by atoms with Gasteiger partial charge in [-0.2, -0.15) is 0 Å². The molecule has 2 fully saturated rings. The lowest BCUT2D eigenvalue weighted by Crippen LogP contribution is -2.63. The van der Waals surface area contributed by atoms with Crippen molar-refractivity contribution in [2.45, 2.75) is 89.2 Å². The van der Waals surface area contributed by atoms with E-state index in [1.807, 2.05) is 7.11 Å². The van der Waals surface area contributed by atoms with Crippen LogP contribution in [0.2, 0.25) is 5.82 Å². The van der Waals surface area contributed by atoms with Gasteiger partial charge in [-0.25, -0.2) is 0 Å². The molecule has 4 atom stereocenters. The van der Waals surface area contributed by atoms with Crippen LogP contribution in [-0.4, -0.2) is 44.1 Å². The smallest absolute Gasteiger partial charge is 0.0704 e. The summed E-state index contributed by atoms with van der Waals surface area (Å²) in [7, 11) is 8.36. The monoisotopic (exact) mass is 277 g/mol. The number of nitrogens with zero attached hydrogens (tertiary/aromatic N) is 1. The molecule has 0 aromatic heterocycles.